The van der Waals surface area contributed by atoms with E-state index in [2.05, 4.69) is 10.5 Å². The molecule has 124 valence electrons. The Labute approximate surface area is 137 Å². The summed E-state index contributed by atoms with van der Waals surface area (Å²) in [4.78, 5) is 22.2. The van der Waals surface area contributed by atoms with Crippen LogP contribution in [0.25, 0.3) is 0 Å². The second-order valence-electron chi connectivity index (χ2n) is 4.86. The van der Waals surface area contributed by atoms with Gasteiger partial charge in [0.25, 0.3) is 5.91 Å². The second-order valence-corrected chi connectivity index (χ2v) is 4.86. The number of carbonyl (C=O) groups is 1. The Hall–Kier alpha value is -3.42. The van der Waals surface area contributed by atoms with Crippen molar-refractivity contribution in [1.82, 2.24) is 5.43 Å². The van der Waals surface area contributed by atoms with E-state index in [-0.39, 0.29) is 5.75 Å². The molecule has 24 heavy (non-hydrogen) atoms. The molecule has 8 heteroatoms. The van der Waals surface area contributed by atoms with Crippen molar-refractivity contribution in [3.63, 3.8) is 0 Å². The standard InChI is InChI=1S/C16H15N3O5/c1-10-5-3-4-6-12(10)16(21)18-17-9-11-7-13(19(22)23)15(20)14(8-11)24-2/h3-9,20H,1-2H3,(H,18,21)/b17-9-. The number of hydrogen-bond acceptors (Lipinski definition) is 6. The van der Waals surface area contributed by atoms with Gasteiger partial charge in [-0.25, -0.2) is 5.43 Å². The lowest BCUT2D eigenvalue weighted by molar-refractivity contribution is -0.386. The molecule has 2 aromatic carbocycles. The molecule has 0 heterocycles. The number of aromatic hydroxyl groups is 1. The van der Waals surface area contributed by atoms with E-state index in [1.165, 1.54) is 19.4 Å². The highest BCUT2D eigenvalue weighted by molar-refractivity contribution is 5.96. The number of nitro groups is 1. The Balaban J connectivity index is 2.20. The lowest BCUT2D eigenvalue weighted by Crippen LogP contribution is -2.18. The van der Waals surface area contributed by atoms with Gasteiger partial charge < -0.3 is 9.84 Å². The summed E-state index contributed by atoms with van der Waals surface area (Å²) < 4.78 is 4.89. The van der Waals surface area contributed by atoms with Crippen molar-refractivity contribution >= 4 is 17.8 Å². The first kappa shape index (κ1) is 16.9. The maximum Gasteiger partial charge on any atom is 0.315 e. The normalized spacial score (nSPS) is 10.6. The monoisotopic (exact) mass is 329 g/mol. The Kier molecular flexibility index (Phi) is 5.10. The van der Waals surface area contributed by atoms with Crippen LogP contribution in [-0.2, 0) is 0 Å². The van der Waals surface area contributed by atoms with Crippen LogP contribution in [-0.4, -0.2) is 29.3 Å². The van der Waals surface area contributed by atoms with Crippen LogP contribution >= 0.6 is 0 Å². The van der Waals surface area contributed by atoms with E-state index in [0.717, 1.165) is 11.6 Å². The van der Waals surface area contributed by atoms with Crippen LogP contribution in [0.3, 0.4) is 0 Å². The summed E-state index contributed by atoms with van der Waals surface area (Å²) in [5.41, 5.74) is 3.40. The number of hydrazone groups is 1. The number of benzene rings is 2. The molecular weight excluding hydrogens is 314 g/mol. The minimum Gasteiger partial charge on any atom is -0.500 e. The number of nitrogens with one attached hydrogen (secondary N) is 1. The van der Waals surface area contributed by atoms with Crippen molar-refractivity contribution < 1.29 is 19.6 Å². The first-order valence-corrected chi connectivity index (χ1v) is 6.88. The van der Waals surface area contributed by atoms with Crippen LogP contribution < -0.4 is 10.2 Å². The van der Waals surface area contributed by atoms with Gasteiger partial charge in [0, 0.05) is 17.2 Å². The molecule has 0 aromatic heterocycles. The minimum absolute atomic E-state index is 0.0594. The molecule has 0 unspecified atom stereocenters. The van der Waals surface area contributed by atoms with E-state index < -0.39 is 22.3 Å². The maximum absolute atomic E-state index is 12.0. The van der Waals surface area contributed by atoms with Crippen LogP contribution in [0.1, 0.15) is 21.5 Å². The average Bonchev–Trinajstić information content (AvgIpc) is 2.56. The zero-order valence-corrected chi connectivity index (χ0v) is 13.0. The summed E-state index contributed by atoms with van der Waals surface area (Å²) >= 11 is 0. The number of amides is 1. The summed E-state index contributed by atoms with van der Waals surface area (Å²) in [6.45, 7) is 1.80. The van der Waals surface area contributed by atoms with Gasteiger partial charge in [0.05, 0.1) is 18.2 Å². The largest absolute Gasteiger partial charge is 0.500 e. The first-order chi connectivity index (χ1) is 11.4. The molecule has 0 spiro atoms. The lowest BCUT2D eigenvalue weighted by atomic mass is 10.1. The molecule has 0 saturated heterocycles. The van der Waals surface area contributed by atoms with Crippen molar-refractivity contribution in [3.05, 3.63) is 63.2 Å². The molecule has 0 bridgehead atoms. The van der Waals surface area contributed by atoms with E-state index in [4.69, 9.17) is 4.74 Å². The number of phenolic OH excluding ortho intramolecular Hbond substituents is 1. The maximum atomic E-state index is 12.0. The number of hydrogen-bond donors (Lipinski definition) is 2. The Morgan fingerprint density at radius 1 is 1.38 bits per heavy atom. The molecule has 0 saturated carbocycles. The number of aryl methyl sites for hydroxylation is 1. The fourth-order valence-corrected chi connectivity index (χ4v) is 2.04. The number of rotatable bonds is 5. The van der Waals surface area contributed by atoms with Gasteiger partial charge in [0.2, 0.25) is 5.75 Å². The van der Waals surface area contributed by atoms with Crippen LogP contribution in [0.4, 0.5) is 5.69 Å². The van der Waals surface area contributed by atoms with Gasteiger partial charge in [-0.1, -0.05) is 18.2 Å². The van der Waals surface area contributed by atoms with Crippen molar-refractivity contribution in [3.8, 4) is 11.5 Å². The molecule has 8 nitrogen and oxygen atoms in total. The lowest BCUT2D eigenvalue weighted by Gasteiger charge is -2.05. The van der Waals surface area contributed by atoms with Gasteiger partial charge in [0.1, 0.15) is 0 Å². The Bertz CT molecular complexity index is 817. The molecule has 2 N–H and O–H groups in total. The van der Waals surface area contributed by atoms with Crippen LogP contribution in [0.15, 0.2) is 41.5 Å². The minimum atomic E-state index is -0.735. The zero-order valence-electron chi connectivity index (χ0n) is 13.0. The van der Waals surface area contributed by atoms with E-state index >= 15 is 0 Å². The summed E-state index contributed by atoms with van der Waals surface area (Å²) in [5, 5.41) is 24.4. The molecule has 0 aliphatic carbocycles. The summed E-state index contributed by atoms with van der Waals surface area (Å²) in [7, 11) is 1.28. The van der Waals surface area contributed by atoms with Gasteiger partial charge in [-0.15, -0.1) is 0 Å². The highest BCUT2D eigenvalue weighted by Gasteiger charge is 2.19. The van der Waals surface area contributed by atoms with Gasteiger partial charge in [-0.3, -0.25) is 14.9 Å². The summed E-state index contributed by atoms with van der Waals surface area (Å²) in [5.74, 6) is -1.02. The number of nitro benzene ring substituents is 1. The number of nitrogens with zero attached hydrogens (tertiary/aromatic N) is 2. The van der Waals surface area contributed by atoms with Gasteiger partial charge in [-0.05, 0) is 24.6 Å². The molecule has 0 radical (unpaired) electrons. The molecule has 0 aliphatic heterocycles. The van der Waals surface area contributed by atoms with Crippen molar-refractivity contribution in [1.29, 1.82) is 0 Å². The van der Waals surface area contributed by atoms with E-state index in [1.54, 1.807) is 25.1 Å². The van der Waals surface area contributed by atoms with Gasteiger partial charge >= 0.3 is 5.69 Å². The molecule has 0 aliphatic rings. The van der Waals surface area contributed by atoms with Crippen LogP contribution in [0.5, 0.6) is 11.5 Å². The molecule has 2 rings (SSSR count). The van der Waals surface area contributed by atoms with Gasteiger partial charge in [0.15, 0.2) is 5.75 Å². The van der Waals surface area contributed by atoms with E-state index in [1.807, 2.05) is 6.07 Å². The highest BCUT2D eigenvalue weighted by atomic mass is 16.6. The van der Waals surface area contributed by atoms with E-state index in [0.29, 0.717) is 11.1 Å². The predicted molar refractivity (Wildman–Crippen MR) is 87.6 cm³/mol. The average molecular weight is 329 g/mol. The highest BCUT2D eigenvalue weighted by Crippen LogP contribution is 2.36. The van der Waals surface area contributed by atoms with Gasteiger partial charge in [-0.2, -0.15) is 5.10 Å². The topological polar surface area (TPSA) is 114 Å². The number of methoxy groups -OCH3 is 1. The Morgan fingerprint density at radius 3 is 2.71 bits per heavy atom. The quantitative estimate of drug-likeness (QED) is 0.496. The summed E-state index contributed by atoms with van der Waals surface area (Å²) in [6.07, 6.45) is 1.23. The smallest absolute Gasteiger partial charge is 0.315 e. The SMILES string of the molecule is COc1cc(/C=N\NC(=O)c2ccccc2C)cc([N+](=O)[O-])c1O. The third-order valence-electron chi connectivity index (χ3n) is 3.26. The molecule has 1 amide bonds. The van der Waals surface area contributed by atoms with E-state index in [9.17, 15) is 20.0 Å². The summed E-state index contributed by atoms with van der Waals surface area (Å²) in [6, 6.07) is 9.51. The van der Waals surface area contributed by atoms with Crippen molar-refractivity contribution in [2.24, 2.45) is 5.10 Å². The third kappa shape index (κ3) is 3.67. The fraction of sp³-hybridized carbons (Fsp3) is 0.125. The molecular formula is C16H15N3O5. The first-order valence-electron chi connectivity index (χ1n) is 6.88. The third-order valence-corrected chi connectivity index (χ3v) is 3.26. The Morgan fingerprint density at radius 2 is 2.08 bits per heavy atom. The van der Waals surface area contributed by atoms with Crippen molar-refractivity contribution in [2.45, 2.75) is 6.92 Å². The number of carbonyl (C=O) groups excluding carboxylic acids is 1. The van der Waals surface area contributed by atoms with Crippen LogP contribution in [0.2, 0.25) is 0 Å². The van der Waals surface area contributed by atoms with Crippen LogP contribution in [0, 0.1) is 17.0 Å². The predicted octanol–water partition coefficient (Wildman–Crippen LogP) is 2.38. The second kappa shape index (κ2) is 7.23. The zero-order chi connectivity index (χ0) is 17.7. The van der Waals surface area contributed by atoms with Crippen molar-refractivity contribution in [2.75, 3.05) is 7.11 Å². The molecule has 0 atom stereocenters. The molecule has 0 fully saturated rings. The fourth-order valence-electron chi connectivity index (χ4n) is 2.04. The molecule has 2 aromatic rings. The number of ether oxygens (including phenoxy) is 1. The number of phenols is 1.